The highest BCUT2D eigenvalue weighted by molar-refractivity contribution is 9.10. The number of amides is 1. The summed E-state index contributed by atoms with van der Waals surface area (Å²) in [6.45, 7) is 3.43. The Kier molecular flexibility index (Phi) is 4.21. The topological polar surface area (TPSA) is 78.4 Å². The van der Waals surface area contributed by atoms with Gasteiger partial charge in [0.15, 0.2) is 0 Å². The zero-order valence-electron chi connectivity index (χ0n) is 10.4. The molecule has 1 aromatic rings. The lowest BCUT2D eigenvalue weighted by Crippen LogP contribution is -2.28. The van der Waals surface area contributed by atoms with Crippen molar-refractivity contribution in [2.24, 2.45) is 11.8 Å². The Hall–Kier alpha value is -1.40. The van der Waals surface area contributed by atoms with Crippen LogP contribution < -0.4 is 10.6 Å². The number of halogens is 1. The minimum absolute atomic E-state index is 0.0846. The number of hydrogen-bond donors (Lipinski definition) is 3. The standard InChI is InChI=1S/C13H15BrN2O3/c1-7-5-15-6-9(7)12(17)16-11-8(13(18)19)3-2-4-10(11)14/h2-4,7,9,15H,5-6H2,1H3,(H,16,17)(H,18,19). The van der Waals surface area contributed by atoms with Crippen molar-refractivity contribution < 1.29 is 14.7 Å². The van der Waals surface area contributed by atoms with E-state index in [4.69, 9.17) is 5.11 Å². The molecule has 1 heterocycles. The van der Waals surface area contributed by atoms with E-state index in [-0.39, 0.29) is 23.3 Å². The monoisotopic (exact) mass is 326 g/mol. The summed E-state index contributed by atoms with van der Waals surface area (Å²) in [4.78, 5) is 23.3. The molecule has 1 aromatic carbocycles. The summed E-state index contributed by atoms with van der Waals surface area (Å²) in [5.41, 5.74) is 0.403. The van der Waals surface area contributed by atoms with Crippen LogP contribution in [0.3, 0.4) is 0 Å². The van der Waals surface area contributed by atoms with Gasteiger partial charge < -0.3 is 15.7 Å². The minimum Gasteiger partial charge on any atom is -0.478 e. The maximum atomic E-state index is 12.2. The number of para-hydroxylation sites is 1. The van der Waals surface area contributed by atoms with Crippen molar-refractivity contribution in [2.75, 3.05) is 18.4 Å². The van der Waals surface area contributed by atoms with E-state index in [0.29, 0.717) is 16.7 Å². The van der Waals surface area contributed by atoms with Crippen LogP contribution in [0.4, 0.5) is 5.69 Å². The molecule has 2 unspecified atom stereocenters. The summed E-state index contributed by atoms with van der Waals surface area (Å²) < 4.78 is 0.569. The fourth-order valence-electron chi connectivity index (χ4n) is 2.21. The van der Waals surface area contributed by atoms with Gasteiger partial charge in [0.2, 0.25) is 5.91 Å². The van der Waals surface area contributed by atoms with Crippen molar-refractivity contribution >= 4 is 33.5 Å². The summed E-state index contributed by atoms with van der Waals surface area (Å²) in [5.74, 6) is -1.09. The summed E-state index contributed by atoms with van der Waals surface area (Å²) >= 11 is 3.27. The van der Waals surface area contributed by atoms with Crippen LogP contribution in [0.2, 0.25) is 0 Å². The van der Waals surface area contributed by atoms with Gasteiger partial charge in [-0.1, -0.05) is 13.0 Å². The lowest BCUT2D eigenvalue weighted by atomic mass is 9.97. The summed E-state index contributed by atoms with van der Waals surface area (Å²) in [7, 11) is 0. The first-order valence-corrected chi connectivity index (χ1v) is 6.83. The summed E-state index contributed by atoms with van der Waals surface area (Å²) in [6.07, 6.45) is 0. The van der Waals surface area contributed by atoms with Crippen molar-refractivity contribution in [1.29, 1.82) is 0 Å². The molecule has 1 saturated heterocycles. The number of anilines is 1. The SMILES string of the molecule is CC1CNCC1C(=O)Nc1c(Br)cccc1C(=O)O. The Balaban J connectivity index is 2.23. The molecule has 0 aliphatic carbocycles. The molecule has 0 aromatic heterocycles. The van der Waals surface area contributed by atoms with Crippen molar-refractivity contribution in [2.45, 2.75) is 6.92 Å². The third kappa shape index (κ3) is 2.96. The van der Waals surface area contributed by atoms with Gasteiger partial charge in [-0.2, -0.15) is 0 Å². The highest BCUT2D eigenvalue weighted by Gasteiger charge is 2.30. The molecule has 1 aliphatic heterocycles. The molecule has 2 atom stereocenters. The minimum atomic E-state index is -1.06. The lowest BCUT2D eigenvalue weighted by molar-refractivity contribution is -0.120. The number of nitrogens with one attached hydrogen (secondary N) is 2. The van der Waals surface area contributed by atoms with E-state index in [0.717, 1.165) is 6.54 Å². The molecule has 1 aliphatic rings. The molecule has 0 radical (unpaired) electrons. The van der Waals surface area contributed by atoms with E-state index in [1.165, 1.54) is 6.07 Å². The van der Waals surface area contributed by atoms with Crippen LogP contribution in [0.1, 0.15) is 17.3 Å². The third-order valence-corrected chi connectivity index (χ3v) is 4.01. The van der Waals surface area contributed by atoms with Gasteiger partial charge in [-0.15, -0.1) is 0 Å². The first kappa shape index (κ1) is 14.0. The van der Waals surface area contributed by atoms with Crippen molar-refractivity contribution in [3.63, 3.8) is 0 Å². The van der Waals surface area contributed by atoms with Gasteiger partial charge in [0.25, 0.3) is 0 Å². The third-order valence-electron chi connectivity index (χ3n) is 3.35. The Morgan fingerprint density at radius 3 is 2.74 bits per heavy atom. The van der Waals surface area contributed by atoms with Gasteiger partial charge in [0.1, 0.15) is 0 Å². The largest absolute Gasteiger partial charge is 0.478 e. The fourth-order valence-corrected chi connectivity index (χ4v) is 2.67. The number of aromatic carboxylic acids is 1. The van der Waals surface area contributed by atoms with E-state index in [1.807, 2.05) is 6.92 Å². The first-order valence-electron chi connectivity index (χ1n) is 6.04. The molecule has 102 valence electrons. The summed E-state index contributed by atoms with van der Waals surface area (Å²) in [6, 6.07) is 4.81. The van der Waals surface area contributed by atoms with Crippen molar-refractivity contribution in [3.05, 3.63) is 28.2 Å². The second-order valence-corrected chi connectivity index (χ2v) is 5.55. The van der Waals surface area contributed by atoms with Crippen molar-refractivity contribution in [1.82, 2.24) is 5.32 Å². The molecule has 2 rings (SSSR count). The molecule has 0 spiro atoms. The van der Waals surface area contributed by atoms with Crippen LogP contribution in [-0.2, 0) is 4.79 Å². The maximum Gasteiger partial charge on any atom is 0.337 e. The molecule has 5 nitrogen and oxygen atoms in total. The quantitative estimate of drug-likeness (QED) is 0.793. The number of carbonyl (C=O) groups is 2. The molecule has 0 bridgehead atoms. The smallest absolute Gasteiger partial charge is 0.337 e. The first-order chi connectivity index (χ1) is 9.00. The molecular weight excluding hydrogens is 312 g/mol. The van der Waals surface area contributed by atoms with Crippen molar-refractivity contribution in [3.8, 4) is 0 Å². The highest BCUT2D eigenvalue weighted by atomic mass is 79.9. The summed E-state index contributed by atoms with van der Waals surface area (Å²) in [5, 5.41) is 15.0. The molecular formula is C13H15BrN2O3. The molecule has 19 heavy (non-hydrogen) atoms. The second kappa shape index (κ2) is 5.71. The Morgan fingerprint density at radius 2 is 2.16 bits per heavy atom. The Labute approximate surface area is 119 Å². The van der Waals surface area contributed by atoms with Crippen LogP contribution in [0, 0.1) is 11.8 Å². The predicted molar refractivity (Wildman–Crippen MR) is 75.3 cm³/mol. The molecule has 3 N–H and O–H groups in total. The Bertz CT molecular complexity index is 519. The van der Waals surface area contributed by atoms with Gasteiger partial charge in [-0.3, -0.25) is 4.79 Å². The van der Waals surface area contributed by atoms with Crippen LogP contribution >= 0.6 is 15.9 Å². The van der Waals surface area contributed by atoms with Crippen LogP contribution in [0.25, 0.3) is 0 Å². The average Bonchev–Trinajstić information content (AvgIpc) is 2.77. The zero-order chi connectivity index (χ0) is 14.0. The van der Waals surface area contributed by atoms with E-state index in [2.05, 4.69) is 26.6 Å². The van der Waals surface area contributed by atoms with E-state index in [1.54, 1.807) is 12.1 Å². The molecule has 0 saturated carbocycles. The van der Waals surface area contributed by atoms with Gasteiger partial charge >= 0.3 is 5.97 Å². The number of rotatable bonds is 3. The predicted octanol–water partition coefficient (Wildman–Crippen LogP) is 1.94. The normalized spacial score (nSPS) is 22.2. The zero-order valence-corrected chi connectivity index (χ0v) is 12.0. The van der Waals surface area contributed by atoms with Gasteiger partial charge in [0, 0.05) is 11.0 Å². The van der Waals surface area contributed by atoms with Crippen LogP contribution in [0.15, 0.2) is 22.7 Å². The molecule has 1 fully saturated rings. The molecule has 6 heteroatoms. The van der Waals surface area contributed by atoms with Crippen LogP contribution in [0.5, 0.6) is 0 Å². The lowest BCUT2D eigenvalue weighted by Gasteiger charge is -2.16. The van der Waals surface area contributed by atoms with E-state index in [9.17, 15) is 9.59 Å². The van der Waals surface area contributed by atoms with Gasteiger partial charge in [-0.05, 0) is 40.5 Å². The average molecular weight is 327 g/mol. The number of hydrogen-bond acceptors (Lipinski definition) is 3. The highest BCUT2D eigenvalue weighted by Crippen LogP contribution is 2.28. The molecule has 1 amide bonds. The number of carboxylic acids is 1. The van der Waals surface area contributed by atoms with Gasteiger partial charge in [-0.25, -0.2) is 4.79 Å². The number of carboxylic acid groups (broad SMARTS) is 1. The number of benzene rings is 1. The van der Waals surface area contributed by atoms with E-state index >= 15 is 0 Å². The second-order valence-electron chi connectivity index (χ2n) is 4.70. The number of carbonyl (C=O) groups excluding carboxylic acids is 1. The Morgan fingerprint density at radius 1 is 1.42 bits per heavy atom. The van der Waals surface area contributed by atoms with Gasteiger partial charge in [0.05, 0.1) is 17.2 Å². The van der Waals surface area contributed by atoms with E-state index < -0.39 is 5.97 Å². The fraction of sp³-hybridized carbons (Fsp3) is 0.385. The van der Waals surface area contributed by atoms with Crippen LogP contribution in [-0.4, -0.2) is 30.1 Å². The maximum absolute atomic E-state index is 12.2.